The van der Waals surface area contributed by atoms with Gasteiger partial charge in [-0.15, -0.1) is 0 Å². The first kappa shape index (κ1) is 10.2. The Balaban J connectivity index is 2.59. The van der Waals surface area contributed by atoms with Crippen molar-refractivity contribution in [2.45, 2.75) is 13.0 Å². The van der Waals surface area contributed by atoms with Crippen LogP contribution in [0.3, 0.4) is 0 Å². The Kier molecular flexibility index (Phi) is 2.30. The van der Waals surface area contributed by atoms with Crippen LogP contribution in [0.2, 0.25) is 0 Å². The van der Waals surface area contributed by atoms with Crippen LogP contribution < -0.4 is 4.90 Å². The standard InChI is InChI=1S/C9H10BrN3O2/c1-5-7(9(14)15)8(10)12(2)6-3-4-11-13(5)6/h3-5H,1-2H3,(H,14,15). The van der Waals surface area contributed by atoms with Crippen LogP contribution in [-0.4, -0.2) is 27.9 Å². The summed E-state index contributed by atoms with van der Waals surface area (Å²) in [4.78, 5) is 12.9. The Hall–Kier alpha value is -1.30. The van der Waals surface area contributed by atoms with Crippen LogP contribution in [-0.2, 0) is 4.79 Å². The molecular weight excluding hydrogens is 262 g/mol. The summed E-state index contributed by atoms with van der Waals surface area (Å²) in [5.41, 5.74) is 0.314. The third-order valence-corrected chi connectivity index (χ3v) is 3.48. The molecule has 1 atom stereocenters. The molecule has 1 aliphatic heterocycles. The lowest BCUT2D eigenvalue weighted by Crippen LogP contribution is -2.30. The summed E-state index contributed by atoms with van der Waals surface area (Å²) in [6, 6.07) is 1.58. The van der Waals surface area contributed by atoms with E-state index in [-0.39, 0.29) is 6.04 Å². The molecule has 1 aromatic rings. The highest BCUT2D eigenvalue weighted by molar-refractivity contribution is 9.11. The van der Waals surface area contributed by atoms with E-state index in [1.165, 1.54) is 0 Å². The van der Waals surface area contributed by atoms with Crippen molar-refractivity contribution in [2.75, 3.05) is 11.9 Å². The van der Waals surface area contributed by atoms with Crippen LogP contribution in [0.5, 0.6) is 0 Å². The minimum absolute atomic E-state index is 0.266. The largest absolute Gasteiger partial charge is 0.478 e. The average Bonchev–Trinajstić information content (AvgIpc) is 2.62. The fourth-order valence-electron chi connectivity index (χ4n) is 1.71. The van der Waals surface area contributed by atoms with Crippen LogP contribution in [0.1, 0.15) is 13.0 Å². The van der Waals surface area contributed by atoms with Gasteiger partial charge in [0.1, 0.15) is 5.82 Å². The fraction of sp³-hybridized carbons (Fsp3) is 0.333. The van der Waals surface area contributed by atoms with Gasteiger partial charge >= 0.3 is 5.97 Å². The smallest absolute Gasteiger partial charge is 0.336 e. The molecule has 6 heteroatoms. The van der Waals surface area contributed by atoms with Crippen LogP contribution in [0.4, 0.5) is 5.82 Å². The number of nitrogens with zero attached hydrogens (tertiary/aromatic N) is 3. The number of hydrogen-bond donors (Lipinski definition) is 1. The second-order valence-electron chi connectivity index (χ2n) is 3.38. The summed E-state index contributed by atoms with van der Waals surface area (Å²) in [7, 11) is 1.80. The highest BCUT2D eigenvalue weighted by Crippen LogP contribution is 2.36. The van der Waals surface area contributed by atoms with Crippen molar-refractivity contribution in [3.05, 3.63) is 22.4 Å². The first-order valence-corrected chi connectivity index (χ1v) is 5.23. The average molecular weight is 272 g/mol. The van der Waals surface area contributed by atoms with Gasteiger partial charge in [0.05, 0.1) is 22.4 Å². The Morgan fingerprint density at radius 1 is 1.67 bits per heavy atom. The van der Waals surface area contributed by atoms with Crippen molar-refractivity contribution < 1.29 is 9.90 Å². The number of carboxylic acids is 1. The van der Waals surface area contributed by atoms with Gasteiger partial charge in [-0.3, -0.25) is 0 Å². The van der Waals surface area contributed by atoms with Gasteiger partial charge < -0.3 is 10.0 Å². The highest BCUT2D eigenvalue weighted by atomic mass is 79.9. The topological polar surface area (TPSA) is 58.4 Å². The zero-order chi connectivity index (χ0) is 11.2. The summed E-state index contributed by atoms with van der Waals surface area (Å²) in [5.74, 6) is -0.0539. The summed E-state index contributed by atoms with van der Waals surface area (Å²) < 4.78 is 2.27. The van der Waals surface area contributed by atoms with E-state index < -0.39 is 5.97 Å². The van der Waals surface area contributed by atoms with Gasteiger partial charge in [-0.1, -0.05) is 0 Å². The molecule has 0 fully saturated rings. The van der Waals surface area contributed by atoms with Gasteiger partial charge in [-0.2, -0.15) is 5.10 Å². The number of fused-ring (bicyclic) bond motifs is 1. The summed E-state index contributed by atoms with van der Waals surface area (Å²) in [5, 5.41) is 13.2. The van der Waals surface area contributed by atoms with E-state index in [2.05, 4.69) is 21.0 Å². The molecule has 0 spiro atoms. The maximum atomic E-state index is 11.1. The third kappa shape index (κ3) is 1.36. The lowest BCUT2D eigenvalue weighted by atomic mass is 10.1. The Morgan fingerprint density at radius 2 is 2.33 bits per heavy atom. The van der Waals surface area contributed by atoms with Gasteiger partial charge in [-0.05, 0) is 22.9 Å². The zero-order valence-corrected chi connectivity index (χ0v) is 9.89. The van der Waals surface area contributed by atoms with E-state index in [1.54, 1.807) is 22.8 Å². The molecule has 1 aliphatic rings. The molecule has 1 unspecified atom stereocenters. The molecule has 0 aliphatic carbocycles. The normalized spacial score (nSPS) is 20.5. The minimum atomic E-state index is -0.928. The van der Waals surface area contributed by atoms with E-state index in [0.29, 0.717) is 10.2 Å². The Bertz CT molecular complexity index is 452. The third-order valence-electron chi connectivity index (χ3n) is 2.52. The molecule has 0 amide bonds. The molecule has 0 aromatic carbocycles. The van der Waals surface area contributed by atoms with Crippen molar-refractivity contribution in [3.63, 3.8) is 0 Å². The maximum Gasteiger partial charge on any atom is 0.336 e. The number of carboxylic acid groups (broad SMARTS) is 1. The van der Waals surface area contributed by atoms with E-state index in [1.807, 2.05) is 13.0 Å². The molecule has 80 valence electrons. The highest BCUT2D eigenvalue weighted by Gasteiger charge is 2.31. The molecule has 0 radical (unpaired) electrons. The van der Waals surface area contributed by atoms with Gasteiger partial charge in [0.25, 0.3) is 0 Å². The predicted octanol–water partition coefficient (Wildman–Crippen LogP) is 1.58. The summed E-state index contributed by atoms with van der Waals surface area (Å²) >= 11 is 3.30. The van der Waals surface area contributed by atoms with Crippen LogP contribution in [0.25, 0.3) is 0 Å². The monoisotopic (exact) mass is 271 g/mol. The summed E-state index contributed by atoms with van der Waals surface area (Å²) in [6.07, 6.45) is 1.66. The number of rotatable bonds is 1. The number of carbonyl (C=O) groups is 1. The SMILES string of the molecule is CC1C(C(=O)O)=C(Br)N(C)c2ccnn21. The molecule has 1 N–H and O–H groups in total. The number of hydrogen-bond acceptors (Lipinski definition) is 3. The van der Waals surface area contributed by atoms with Gasteiger partial charge in [0.2, 0.25) is 0 Å². The second kappa shape index (κ2) is 3.37. The molecule has 2 heterocycles. The van der Waals surface area contributed by atoms with Crippen molar-refractivity contribution >= 4 is 27.7 Å². The molecule has 0 saturated heterocycles. The van der Waals surface area contributed by atoms with Crippen molar-refractivity contribution in [3.8, 4) is 0 Å². The van der Waals surface area contributed by atoms with Crippen LogP contribution in [0.15, 0.2) is 22.4 Å². The zero-order valence-electron chi connectivity index (χ0n) is 8.31. The minimum Gasteiger partial charge on any atom is -0.478 e. The van der Waals surface area contributed by atoms with Gasteiger partial charge in [-0.25, -0.2) is 9.48 Å². The Labute approximate surface area is 95.1 Å². The second-order valence-corrected chi connectivity index (χ2v) is 4.13. The van der Waals surface area contributed by atoms with Gasteiger partial charge in [0.15, 0.2) is 0 Å². The quantitative estimate of drug-likeness (QED) is 0.789. The van der Waals surface area contributed by atoms with Crippen molar-refractivity contribution in [2.24, 2.45) is 0 Å². The molecule has 15 heavy (non-hydrogen) atoms. The lowest BCUT2D eigenvalue weighted by Gasteiger charge is -2.30. The summed E-state index contributed by atoms with van der Waals surface area (Å²) in [6.45, 7) is 1.81. The first-order valence-electron chi connectivity index (χ1n) is 4.44. The molecule has 0 bridgehead atoms. The van der Waals surface area contributed by atoms with Crippen molar-refractivity contribution in [1.82, 2.24) is 9.78 Å². The number of aromatic nitrogens is 2. The van der Waals surface area contributed by atoms with E-state index >= 15 is 0 Å². The molecule has 5 nitrogen and oxygen atoms in total. The first-order chi connectivity index (χ1) is 7.04. The van der Waals surface area contributed by atoms with E-state index in [9.17, 15) is 4.79 Å². The van der Waals surface area contributed by atoms with E-state index in [4.69, 9.17) is 5.11 Å². The van der Waals surface area contributed by atoms with Gasteiger partial charge in [0, 0.05) is 13.1 Å². The molecule has 2 rings (SSSR count). The number of anilines is 1. The van der Waals surface area contributed by atoms with Crippen molar-refractivity contribution in [1.29, 1.82) is 0 Å². The van der Waals surface area contributed by atoms with E-state index in [0.717, 1.165) is 5.82 Å². The predicted molar refractivity (Wildman–Crippen MR) is 58.9 cm³/mol. The lowest BCUT2D eigenvalue weighted by molar-refractivity contribution is -0.133. The molecular formula is C9H10BrN3O2. The van der Waals surface area contributed by atoms with Crippen LogP contribution >= 0.6 is 15.9 Å². The fourth-order valence-corrected chi connectivity index (χ4v) is 2.40. The molecule has 0 saturated carbocycles. The number of aliphatic carboxylic acids is 1. The maximum absolute atomic E-state index is 11.1. The number of halogens is 1. The Morgan fingerprint density at radius 3 is 2.93 bits per heavy atom. The molecule has 1 aromatic heterocycles. The van der Waals surface area contributed by atoms with Crippen LogP contribution in [0, 0.1) is 0 Å².